The SMILES string of the molecule is CCCNC(=O)Nc1ccc(CC(=O)N2CCNCC2c2cccc(F)c2)cc1. The number of hydrogen-bond donors (Lipinski definition) is 3. The number of nitrogens with one attached hydrogen (secondary N) is 3. The number of carbonyl (C=O) groups is 2. The van der Waals surface area contributed by atoms with Gasteiger partial charge in [0.05, 0.1) is 12.5 Å². The lowest BCUT2D eigenvalue weighted by atomic mass is 10.0. The minimum atomic E-state index is -0.300. The first-order chi connectivity index (χ1) is 14.1. The first-order valence-corrected chi connectivity index (χ1v) is 9.96. The van der Waals surface area contributed by atoms with Crippen LogP contribution in [0.1, 0.15) is 30.5 Å². The Balaban J connectivity index is 1.63. The second-order valence-corrected chi connectivity index (χ2v) is 7.12. The first kappa shape index (κ1) is 20.8. The lowest BCUT2D eigenvalue weighted by molar-refractivity contribution is -0.133. The van der Waals surface area contributed by atoms with Crippen molar-refractivity contribution in [1.82, 2.24) is 15.5 Å². The molecule has 1 fully saturated rings. The molecule has 0 radical (unpaired) electrons. The van der Waals surface area contributed by atoms with E-state index in [0.29, 0.717) is 31.9 Å². The monoisotopic (exact) mass is 398 g/mol. The summed E-state index contributed by atoms with van der Waals surface area (Å²) in [4.78, 5) is 26.5. The van der Waals surface area contributed by atoms with Crippen molar-refractivity contribution < 1.29 is 14.0 Å². The summed E-state index contributed by atoms with van der Waals surface area (Å²) in [5, 5.41) is 8.80. The lowest BCUT2D eigenvalue weighted by Gasteiger charge is -2.36. The molecular weight excluding hydrogens is 371 g/mol. The topological polar surface area (TPSA) is 73.5 Å². The van der Waals surface area contributed by atoms with Crippen molar-refractivity contribution in [2.75, 3.05) is 31.5 Å². The number of hydrogen-bond acceptors (Lipinski definition) is 3. The molecule has 1 heterocycles. The van der Waals surface area contributed by atoms with Crippen molar-refractivity contribution in [2.45, 2.75) is 25.8 Å². The zero-order chi connectivity index (χ0) is 20.6. The summed E-state index contributed by atoms with van der Waals surface area (Å²) in [6.45, 7) is 4.51. The van der Waals surface area contributed by atoms with E-state index >= 15 is 0 Å². The van der Waals surface area contributed by atoms with Crippen molar-refractivity contribution in [3.8, 4) is 0 Å². The summed E-state index contributed by atoms with van der Waals surface area (Å²) in [5.74, 6) is -0.298. The van der Waals surface area contributed by atoms with Crippen molar-refractivity contribution in [3.63, 3.8) is 0 Å². The summed E-state index contributed by atoms with van der Waals surface area (Å²) in [7, 11) is 0. The number of anilines is 1. The van der Waals surface area contributed by atoms with Gasteiger partial charge in [-0.1, -0.05) is 31.2 Å². The predicted octanol–water partition coefficient (Wildman–Crippen LogP) is 3.07. The Hall–Kier alpha value is -2.93. The van der Waals surface area contributed by atoms with Crippen LogP contribution in [-0.4, -0.2) is 43.0 Å². The van der Waals surface area contributed by atoms with E-state index in [-0.39, 0.29) is 30.2 Å². The minimum Gasteiger partial charge on any atom is -0.338 e. The van der Waals surface area contributed by atoms with E-state index in [1.54, 1.807) is 18.2 Å². The third-order valence-electron chi connectivity index (χ3n) is 4.90. The van der Waals surface area contributed by atoms with E-state index in [4.69, 9.17) is 0 Å². The molecule has 1 aliphatic heterocycles. The standard InChI is InChI=1S/C22H27FN4O2/c1-2-10-25-22(29)26-19-8-6-16(7-9-19)13-21(28)27-12-11-24-15-20(27)17-4-3-5-18(23)14-17/h3-9,14,20,24H,2,10-13,15H2,1H3,(H2,25,26,29). The quantitative estimate of drug-likeness (QED) is 0.700. The van der Waals surface area contributed by atoms with Crippen LogP contribution >= 0.6 is 0 Å². The van der Waals surface area contributed by atoms with Crippen LogP contribution in [0, 0.1) is 5.82 Å². The van der Waals surface area contributed by atoms with Crippen LogP contribution in [0.2, 0.25) is 0 Å². The average molecular weight is 398 g/mol. The number of benzene rings is 2. The van der Waals surface area contributed by atoms with E-state index in [2.05, 4.69) is 16.0 Å². The van der Waals surface area contributed by atoms with Gasteiger partial charge in [-0.25, -0.2) is 9.18 Å². The zero-order valence-corrected chi connectivity index (χ0v) is 16.6. The molecule has 7 heteroatoms. The van der Waals surface area contributed by atoms with Gasteiger partial charge >= 0.3 is 6.03 Å². The van der Waals surface area contributed by atoms with Crippen LogP contribution in [0.3, 0.4) is 0 Å². The predicted molar refractivity (Wildman–Crippen MR) is 111 cm³/mol. The van der Waals surface area contributed by atoms with Crippen LogP contribution in [0.4, 0.5) is 14.9 Å². The fourth-order valence-electron chi connectivity index (χ4n) is 3.41. The Morgan fingerprint density at radius 2 is 2.00 bits per heavy atom. The number of halogens is 1. The van der Waals surface area contributed by atoms with Gasteiger partial charge in [-0.15, -0.1) is 0 Å². The van der Waals surface area contributed by atoms with Crippen molar-refractivity contribution in [1.29, 1.82) is 0 Å². The summed E-state index contributed by atoms with van der Waals surface area (Å²) in [6, 6.07) is 13.2. The highest BCUT2D eigenvalue weighted by molar-refractivity contribution is 5.89. The van der Waals surface area contributed by atoms with E-state index in [1.165, 1.54) is 12.1 Å². The van der Waals surface area contributed by atoms with Gasteiger partial charge in [-0.05, 0) is 41.8 Å². The lowest BCUT2D eigenvalue weighted by Crippen LogP contribution is -2.49. The van der Waals surface area contributed by atoms with Crippen molar-refractivity contribution >= 4 is 17.6 Å². The van der Waals surface area contributed by atoms with Gasteiger partial charge in [-0.2, -0.15) is 0 Å². The molecule has 29 heavy (non-hydrogen) atoms. The molecule has 0 bridgehead atoms. The summed E-state index contributed by atoms with van der Waals surface area (Å²) in [5.41, 5.74) is 2.34. The van der Waals surface area contributed by atoms with Crippen LogP contribution < -0.4 is 16.0 Å². The summed E-state index contributed by atoms with van der Waals surface area (Å²) >= 11 is 0. The van der Waals surface area contributed by atoms with Gasteiger partial charge in [-0.3, -0.25) is 4.79 Å². The normalized spacial score (nSPS) is 16.3. The third-order valence-corrected chi connectivity index (χ3v) is 4.90. The molecule has 0 saturated carbocycles. The molecular formula is C22H27FN4O2. The number of amides is 3. The van der Waals surface area contributed by atoms with Crippen molar-refractivity contribution in [3.05, 3.63) is 65.5 Å². The molecule has 154 valence electrons. The van der Waals surface area contributed by atoms with Gasteiger partial charge in [0.1, 0.15) is 5.82 Å². The van der Waals surface area contributed by atoms with Crippen LogP contribution in [0.25, 0.3) is 0 Å². The molecule has 2 aromatic rings. The van der Waals surface area contributed by atoms with Gasteiger partial charge in [0.25, 0.3) is 0 Å². The zero-order valence-electron chi connectivity index (χ0n) is 16.6. The Morgan fingerprint density at radius 1 is 1.21 bits per heavy atom. The number of piperazine rings is 1. The average Bonchev–Trinajstić information content (AvgIpc) is 2.73. The molecule has 0 aliphatic carbocycles. The molecule has 2 aromatic carbocycles. The highest BCUT2D eigenvalue weighted by atomic mass is 19.1. The Morgan fingerprint density at radius 3 is 2.72 bits per heavy atom. The fourth-order valence-corrected chi connectivity index (χ4v) is 3.41. The van der Waals surface area contributed by atoms with E-state index in [0.717, 1.165) is 17.5 Å². The maximum absolute atomic E-state index is 13.6. The molecule has 1 atom stereocenters. The largest absolute Gasteiger partial charge is 0.338 e. The summed E-state index contributed by atoms with van der Waals surface area (Å²) < 4.78 is 13.6. The number of urea groups is 1. The molecule has 0 aromatic heterocycles. The molecule has 1 saturated heterocycles. The van der Waals surface area contributed by atoms with E-state index < -0.39 is 0 Å². The van der Waals surface area contributed by atoms with Gasteiger partial charge in [0.15, 0.2) is 0 Å². The van der Waals surface area contributed by atoms with Crippen LogP contribution in [0.15, 0.2) is 48.5 Å². The number of rotatable bonds is 6. The Bertz CT molecular complexity index is 841. The smallest absolute Gasteiger partial charge is 0.319 e. The number of nitrogens with zero attached hydrogens (tertiary/aromatic N) is 1. The van der Waals surface area contributed by atoms with E-state index in [1.807, 2.05) is 30.0 Å². The maximum Gasteiger partial charge on any atom is 0.319 e. The van der Waals surface area contributed by atoms with Gasteiger partial charge in [0.2, 0.25) is 5.91 Å². The van der Waals surface area contributed by atoms with Gasteiger partial charge < -0.3 is 20.9 Å². The maximum atomic E-state index is 13.6. The molecule has 3 amide bonds. The first-order valence-electron chi connectivity index (χ1n) is 9.96. The molecule has 3 N–H and O–H groups in total. The molecule has 6 nitrogen and oxygen atoms in total. The third kappa shape index (κ3) is 5.77. The summed E-state index contributed by atoms with van der Waals surface area (Å²) in [6.07, 6.45) is 1.13. The van der Waals surface area contributed by atoms with Gasteiger partial charge in [0, 0.05) is 31.9 Å². The highest BCUT2D eigenvalue weighted by Crippen LogP contribution is 2.24. The molecule has 1 unspecified atom stereocenters. The van der Waals surface area contributed by atoms with E-state index in [9.17, 15) is 14.0 Å². The second kappa shape index (κ2) is 10.0. The molecule has 0 spiro atoms. The Labute approximate surface area is 170 Å². The van der Waals surface area contributed by atoms with Crippen LogP contribution in [0.5, 0.6) is 0 Å². The number of carbonyl (C=O) groups excluding carboxylic acids is 2. The highest BCUT2D eigenvalue weighted by Gasteiger charge is 2.28. The second-order valence-electron chi connectivity index (χ2n) is 7.12. The molecule has 3 rings (SSSR count). The Kier molecular flexibility index (Phi) is 7.19. The minimum absolute atomic E-state index is 0.00200. The van der Waals surface area contributed by atoms with Crippen molar-refractivity contribution in [2.24, 2.45) is 0 Å². The fraction of sp³-hybridized carbons (Fsp3) is 0.364. The van der Waals surface area contributed by atoms with Crippen LogP contribution in [-0.2, 0) is 11.2 Å². The molecule has 1 aliphatic rings.